The average molecular weight is 391 g/mol. The lowest BCUT2D eigenvalue weighted by Crippen LogP contribution is -2.20. The first kappa shape index (κ1) is 16.8. The summed E-state index contributed by atoms with van der Waals surface area (Å²) in [5.41, 5.74) is 0.745. The first-order chi connectivity index (χ1) is 12.3. The van der Waals surface area contributed by atoms with E-state index in [1.54, 1.807) is 31.3 Å². The number of halogens is 2. The Kier molecular flexibility index (Phi) is 3.68. The van der Waals surface area contributed by atoms with Gasteiger partial charge in [0.05, 0.1) is 15.6 Å². The second kappa shape index (κ2) is 5.69. The maximum absolute atomic E-state index is 14.0. The molecule has 0 fully saturated rings. The van der Waals surface area contributed by atoms with E-state index in [2.05, 4.69) is 4.72 Å². The van der Waals surface area contributed by atoms with Crippen molar-refractivity contribution in [1.82, 2.24) is 0 Å². The van der Waals surface area contributed by atoms with Crippen molar-refractivity contribution in [2.24, 2.45) is 0 Å². The van der Waals surface area contributed by atoms with Gasteiger partial charge in [-0.25, -0.2) is 12.8 Å². The van der Waals surface area contributed by atoms with Crippen LogP contribution in [0, 0.1) is 5.82 Å². The molecular weight excluding hydrogens is 379 g/mol. The lowest BCUT2D eigenvalue weighted by molar-refractivity contribution is 0.0999. The molecule has 0 saturated heterocycles. The van der Waals surface area contributed by atoms with Crippen LogP contribution in [0.3, 0.4) is 0 Å². The van der Waals surface area contributed by atoms with Gasteiger partial charge in [-0.1, -0.05) is 29.8 Å². The number of nitrogens with zero attached hydrogens (tertiary/aromatic N) is 1. The third kappa shape index (κ3) is 2.35. The van der Waals surface area contributed by atoms with Crippen LogP contribution in [-0.4, -0.2) is 21.4 Å². The fourth-order valence-corrected chi connectivity index (χ4v) is 4.69. The third-order valence-electron chi connectivity index (χ3n) is 4.36. The molecule has 0 unspecified atom stereocenters. The fraction of sp³-hybridized carbons (Fsp3) is 0.0556. The number of sulfonamides is 1. The Morgan fingerprint density at radius 1 is 1.08 bits per heavy atom. The van der Waals surface area contributed by atoms with Crippen molar-refractivity contribution in [3.63, 3.8) is 0 Å². The summed E-state index contributed by atoms with van der Waals surface area (Å²) in [6, 6.07) is 11.7. The number of para-hydroxylation sites is 1. The number of benzene rings is 3. The van der Waals surface area contributed by atoms with E-state index in [-0.39, 0.29) is 21.5 Å². The van der Waals surface area contributed by atoms with Gasteiger partial charge in [0, 0.05) is 23.4 Å². The van der Waals surface area contributed by atoms with Crippen molar-refractivity contribution in [3.05, 3.63) is 64.9 Å². The van der Waals surface area contributed by atoms with Crippen LogP contribution in [-0.2, 0) is 10.0 Å². The molecule has 1 amide bonds. The molecule has 132 valence electrons. The van der Waals surface area contributed by atoms with Gasteiger partial charge in [0.2, 0.25) is 0 Å². The first-order valence-electron chi connectivity index (χ1n) is 7.62. The number of hydrogen-bond donors (Lipinski definition) is 1. The van der Waals surface area contributed by atoms with E-state index in [1.807, 2.05) is 0 Å². The van der Waals surface area contributed by atoms with E-state index in [0.717, 1.165) is 6.07 Å². The molecule has 1 aliphatic rings. The van der Waals surface area contributed by atoms with Crippen molar-refractivity contribution in [3.8, 4) is 0 Å². The molecule has 1 aliphatic heterocycles. The van der Waals surface area contributed by atoms with Crippen LogP contribution in [0.25, 0.3) is 10.8 Å². The van der Waals surface area contributed by atoms with Crippen molar-refractivity contribution in [1.29, 1.82) is 0 Å². The fourth-order valence-electron chi connectivity index (χ4n) is 3.13. The Bertz CT molecular complexity index is 1170. The predicted octanol–water partition coefficient (Wildman–Crippen LogP) is 4.02. The molecule has 4 rings (SSSR count). The smallest absolute Gasteiger partial charge is 0.262 e. The minimum absolute atomic E-state index is 0.0468. The lowest BCUT2D eigenvalue weighted by Gasteiger charge is -2.14. The summed E-state index contributed by atoms with van der Waals surface area (Å²) in [5.74, 6) is -0.979. The highest BCUT2D eigenvalue weighted by Gasteiger charge is 2.30. The molecule has 0 aliphatic carbocycles. The van der Waals surface area contributed by atoms with Gasteiger partial charge in [-0.15, -0.1) is 0 Å². The average Bonchev–Trinajstić information content (AvgIpc) is 2.85. The predicted molar refractivity (Wildman–Crippen MR) is 98.9 cm³/mol. The minimum atomic E-state index is -4.13. The Labute approximate surface area is 154 Å². The number of carbonyl (C=O) groups excluding carboxylic acids is 1. The van der Waals surface area contributed by atoms with E-state index in [0.29, 0.717) is 22.0 Å². The normalized spacial score (nSPS) is 13.5. The molecule has 5 nitrogen and oxygen atoms in total. The largest absolute Gasteiger partial charge is 0.311 e. The third-order valence-corrected chi connectivity index (χ3v) is 6.09. The molecule has 0 atom stereocenters. The molecule has 1 N–H and O–H groups in total. The summed E-state index contributed by atoms with van der Waals surface area (Å²) in [6.07, 6.45) is 0. The quantitative estimate of drug-likeness (QED) is 0.734. The molecule has 3 aromatic rings. The number of carbonyl (C=O) groups is 1. The Morgan fingerprint density at radius 3 is 2.54 bits per heavy atom. The van der Waals surface area contributed by atoms with Crippen molar-refractivity contribution in [2.75, 3.05) is 16.7 Å². The van der Waals surface area contributed by atoms with Gasteiger partial charge in [0.15, 0.2) is 0 Å². The molecule has 0 saturated carbocycles. The molecular formula is C18H12ClFN2O3S. The van der Waals surface area contributed by atoms with Gasteiger partial charge in [-0.3, -0.25) is 9.52 Å². The lowest BCUT2D eigenvalue weighted by atomic mass is 10.1. The van der Waals surface area contributed by atoms with E-state index in [9.17, 15) is 17.6 Å². The van der Waals surface area contributed by atoms with Crippen LogP contribution in [0.2, 0.25) is 5.02 Å². The SMILES string of the molecule is CN1C(=O)c2cccc3c(S(=O)(=O)Nc4c(F)cccc4Cl)ccc1c23. The monoisotopic (exact) mass is 390 g/mol. The van der Waals surface area contributed by atoms with Crippen LogP contribution in [0.5, 0.6) is 0 Å². The van der Waals surface area contributed by atoms with E-state index in [1.165, 1.54) is 23.1 Å². The summed E-state index contributed by atoms with van der Waals surface area (Å²) >= 11 is 5.92. The topological polar surface area (TPSA) is 66.5 Å². The van der Waals surface area contributed by atoms with Crippen LogP contribution < -0.4 is 9.62 Å². The van der Waals surface area contributed by atoms with Gasteiger partial charge in [0.1, 0.15) is 11.5 Å². The van der Waals surface area contributed by atoms with E-state index >= 15 is 0 Å². The molecule has 0 bridgehead atoms. The van der Waals surface area contributed by atoms with Gasteiger partial charge in [0.25, 0.3) is 15.9 Å². The second-order valence-corrected chi connectivity index (χ2v) is 7.94. The summed E-state index contributed by atoms with van der Waals surface area (Å²) in [5, 5.41) is 0.898. The van der Waals surface area contributed by atoms with Crippen molar-refractivity contribution >= 4 is 49.7 Å². The maximum atomic E-state index is 14.0. The molecule has 0 radical (unpaired) electrons. The van der Waals surface area contributed by atoms with Crippen LogP contribution >= 0.6 is 11.6 Å². The van der Waals surface area contributed by atoms with Crippen LogP contribution in [0.1, 0.15) is 10.4 Å². The highest BCUT2D eigenvalue weighted by molar-refractivity contribution is 7.93. The summed E-state index contributed by atoms with van der Waals surface area (Å²) in [4.78, 5) is 13.7. The highest BCUT2D eigenvalue weighted by atomic mass is 35.5. The maximum Gasteiger partial charge on any atom is 0.262 e. The second-order valence-electron chi connectivity index (χ2n) is 5.88. The molecule has 3 aromatic carbocycles. The number of hydrogen-bond acceptors (Lipinski definition) is 3. The molecule has 0 spiro atoms. The van der Waals surface area contributed by atoms with Gasteiger partial charge < -0.3 is 4.90 Å². The minimum Gasteiger partial charge on any atom is -0.311 e. The Morgan fingerprint density at radius 2 is 1.81 bits per heavy atom. The number of rotatable bonds is 3. The van der Waals surface area contributed by atoms with Crippen LogP contribution in [0.15, 0.2) is 53.4 Å². The number of anilines is 2. The Balaban J connectivity index is 1.92. The van der Waals surface area contributed by atoms with Gasteiger partial charge in [-0.2, -0.15) is 0 Å². The van der Waals surface area contributed by atoms with E-state index in [4.69, 9.17) is 11.6 Å². The molecule has 1 heterocycles. The first-order valence-corrected chi connectivity index (χ1v) is 9.48. The number of nitrogens with one attached hydrogen (secondary N) is 1. The zero-order chi connectivity index (χ0) is 18.6. The summed E-state index contributed by atoms with van der Waals surface area (Å²) in [7, 11) is -2.50. The van der Waals surface area contributed by atoms with Crippen LogP contribution in [0.4, 0.5) is 15.8 Å². The van der Waals surface area contributed by atoms with Crippen molar-refractivity contribution in [2.45, 2.75) is 4.90 Å². The zero-order valence-electron chi connectivity index (χ0n) is 13.5. The standard InChI is InChI=1S/C18H12ClFN2O3S/c1-22-14-8-9-15(10-4-2-5-11(16(10)14)18(22)23)26(24,25)21-17-12(19)6-3-7-13(17)20/h2-9,21H,1H3. The number of amides is 1. The van der Waals surface area contributed by atoms with Crippen molar-refractivity contribution < 1.29 is 17.6 Å². The molecule has 0 aromatic heterocycles. The molecule has 26 heavy (non-hydrogen) atoms. The summed E-state index contributed by atoms with van der Waals surface area (Å²) in [6.45, 7) is 0. The van der Waals surface area contributed by atoms with Gasteiger partial charge >= 0.3 is 0 Å². The van der Waals surface area contributed by atoms with E-state index < -0.39 is 15.8 Å². The summed E-state index contributed by atoms with van der Waals surface area (Å²) < 4.78 is 42.0. The van der Waals surface area contributed by atoms with Gasteiger partial charge in [-0.05, 0) is 30.3 Å². The molecule has 8 heteroatoms. The Hall–Kier alpha value is -2.64. The zero-order valence-corrected chi connectivity index (χ0v) is 15.0. The highest BCUT2D eigenvalue weighted by Crippen LogP contribution is 2.40.